The summed E-state index contributed by atoms with van der Waals surface area (Å²) in [4.78, 5) is 32.0. The first kappa shape index (κ1) is 15.2. The van der Waals surface area contributed by atoms with Crippen molar-refractivity contribution in [3.63, 3.8) is 0 Å². The lowest BCUT2D eigenvalue weighted by Crippen LogP contribution is -2.35. The third-order valence-corrected chi connectivity index (χ3v) is 5.20. The van der Waals surface area contributed by atoms with Crippen LogP contribution in [0.25, 0.3) is 0 Å². The molecule has 2 aromatic rings. The van der Waals surface area contributed by atoms with Crippen LogP contribution in [0.1, 0.15) is 29.6 Å². The third kappa shape index (κ3) is 3.01. The summed E-state index contributed by atoms with van der Waals surface area (Å²) in [5.74, 6) is -0.0964. The summed E-state index contributed by atoms with van der Waals surface area (Å²) in [6, 6.07) is 11.7. The van der Waals surface area contributed by atoms with Crippen molar-refractivity contribution in [3.05, 3.63) is 48.2 Å². The Morgan fingerprint density at radius 2 is 2.08 bits per heavy atom. The Bertz CT molecular complexity index is 804. The molecule has 0 atom stereocenters. The summed E-state index contributed by atoms with van der Waals surface area (Å²) in [5.41, 5.74) is 1.42. The van der Waals surface area contributed by atoms with Gasteiger partial charge in [-0.15, -0.1) is 0 Å². The highest BCUT2D eigenvalue weighted by atomic mass is 32.2. The number of aromatic nitrogens is 1. The van der Waals surface area contributed by atoms with Gasteiger partial charge < -0.3 is 10.2 Å². The topological polar surface area (TPSA) is 62.3 Å². The van der Waals surface area contributed by atoms with E-state index < -0.39 is 0 Å². The van der Waals surface area contributed by atoms with E-state index in [2.05, 4.69) is 10.3 Å². The van der Waals surface area contributed by atoms with Crippen LogP contribution in [0.5, 0.6) is 0 Å². The van der Waals surface area contributed by atoms with E-state index in [4.69, 9.17) is 0 Å². The number of carbonyl (C=O) groups is 2. The highest BCUT2D eigenvalue weighted by Gasteiger charge is 2.29. The number of nitrogens with one attached hydrogen (secondary N) is 1. The van der Waals surface area contributed by atoms with Crippen molar-refractivity contribution in [1.29, 1.82) is 0 Å². The molecular weight excluding hydrogens is 322 g/mol. The first-order valence-corrected chi connectivity index (χ1v) is 8.87. The van der Waals surface area contributed by atoms with Crippen molar-refractivity contribution in [2.45, 2.75) is 35.2 Å². The van der Waals surface area contributed by atoms with Crippen LogP contribution in [0.4, 0.5) is 5.69 Å². The van der Waals surface area contributed by atoms with Gasteiger partial charge in [-0.3, -0.25) is 9.59 Å². The van der Waals surface area contributed by atoms with Gasteiger partial charge in [0.15, 0.2) is 0 Å². The van der Waals surface area contributed by atoms with Crippen LogP contribution < -0.4 is 10.2 Å². The molecule has 5 nitrogen and oxygen atoms in total. The Morgan fingerprint density at radius 3 is 2.92 bits per heavy atom. The largest absolute Gasteiger partial charge is 0.353 e. The average Bonchev–Trinajstić information content (AvgIpc) is 3.41. The molecule has 1 aliphatic heterocycles. The smallest absolute Gasteiger partial charge is 0.261 e. The first-order valence-electron chi connectivity index (χ1n) is 8.05. The number of benzene rings is 1. The van der Waals surface area contributed by atoms with Crippen LogP contribution >= 0.6 is 11.8 Å². The predicted molar refractivity (Wildman–Crippen MR) is 92.3 cm³/mol. The maximum absolute atomic E-state index is 13.0. The molecule has 0 spiro atoms. The molecule has 0 unspecified atom stereocenters. The van der Waals surface area contributed by atoms with Crippen LogP contribution in [0.3, 0.4) is 0 Å². The van der Waals surface area contributed by atoms with Gasteiger partial charge in [0.05, 0.1) is 11.3 Å². The molecule has 24 heavy (non-hydrogen) atoms. The molecule has 0 saturated heterocycles. The molecule has 2 heterocycles. The number of hydrogen-bond acceptors (Lipinski definition) is 4. The highest BCUT2D eigenvalue weighted by Crippen LogP contribution is 2.40. The molecule has 1 saturated carbocycles. The zero-order chi connectivity index (χ0) is 16.5. The summed E-state index contributed by atoms with van der Waals surface area (Å²) in [6.07, 6.45) is 4.12. The van der Waals surface area contributed by atoms with Gasteiger partial charge in [-0.05, 0) is 37.1 Å². The minimum absolute atomic E-state index is 0.00564. The lowest BCUT2D eigenvalue weighted by Gasteiger charge is -2.22. The Kier molecular flexibility index (Phi) is 3.98. The number of anilines is 1. The number of pyridine rings is 1. The highest BCUT2D eigenvalue weighted by molar-refractivity contribution is 7.99. The molecule has 1 aromatic carbocycles. The molecule has 1 aromatic heterocycles. The van der Waals surface area contributed by atoms with Crippen molar-refractivity contribution in [1.82, 2.24) is 10.3 Å². The molecule has 1 aliphatic carbocycles. The van der Waals surface area contributed by atoms with E-state index in [1.165, 1.54) is 11.8 Å². The first-order chi connectivity index (χ1) is 11.7. The average molecular weight is 339 g/mol. The number of amides is 2. The van der Waals surface area contributed by atoms with E-state index in [-0.39, 0.29) is 11.8 Å². The molecule has 2 aliphatic rings. The third-order valence-electron chi connectivity index (χ3n) is 4.11. The Labute approximate surface area is 144 Å². The van der Waals surface area contributed by atoms with Crippen LogP contribution in [0.15, 0.2) is 52.5 Å². The number of fused-ring (bicyclic) bond motifs is 2. The number of nitrogens with zero attached hydrogens (tertiary/aromatic N) is 2. The summed E-state index contributed by atoms with van der Waals surface area (Å²) in [7, 11) is 0. The summed E-state index contributed by atoms with van der Waals surface area (Å²) in [5, 5.41) is 3.68. The molecule has 2 amide bonds. The van der Waals surface area contributed by atoms with Crippen molar-refractivity contribution in [2.75, 3.05) is 11.4 Å². The normalized spacial score (nSPS) is 16.2. The quantitative estimate of drug-likeness (QED) is 0.930. The monoisotopic (exact) mass is 339 g/mol. The SMILES string of the molecule is O=C(CCN1C(=O)c2cccnc2Sc2ccccc21)NC1CC1. The minimum Gasteiger partial charge on any atom is -0.353 e. The molecule has 122 valence electrons. The predicted octanol–water partition coefficient (Wildman–Crippen LogP) is 2.86. The molecular formula is C18H17N3O2S. The Morgan fingerprint density at radius 1 is 1.25 bits per heavy atom. The van der Waals surface area contributed by atoms with E-state index >= 15 is 0 Å². The van der Waals surface area contributed by atoms with Gasteiger partial charge in [-0.1, -0.05) is 23.9 Å². The molecule has 4 rings (SSSR count). The number of para-hydroxylation sites is 1. The molecule has 1 fully saturated rings. The molecule has 1 N–H and O–H groups in total. The Hall–Kier alpha value is -2.34. The zero-order valence-electron chi connectivity index (χ0n) is 13.1. The lowest BCUT2D eigenvalue weighted by molar-refractivity contribution is -0.121. The van der Waals surface area contributed by atoms with E-state index in [9.17, 15) is 9.59 Å². The van der Waals surface area contributed by atoms with Gasteiger partial charge in [0, 0.05) is 30.1 Å². The number of carbonyl (C=O) groups excluding carboxylic acids is 2. The number of rotatable bonds is 4. The van der Waals surface area contributed by atoms with Gasteiger partial charge in [0.1, 0.15) is 5.03 Å². The van der Waals surface area contributed by atoms with Crippen LogP contribution in [0.2, 0.25) is 0 Å². The fourth-order valence-electron chi connectivity index (χ4n) is 2.72. The van der Waals surface area contributed by atoms with Crippen molar-refractivity contribution < 1.29 is 9.59 Å². The summed E-state index contributed by atoms with van der Waals surface area (Å²) < 4.78 is 0. The van der Waals surface area contributed by atoms with Crippen LogP contribution in [-0.4, -0.2) is 29.4 Å². The molecule has 0 bridgehead atoms. The minimum atomic E-state index is -0.102. The second-order valence-corrected chi connectivity index (χ2v) is 7.01. The van der Waals surface area contributed by atoms with Gasteiger partial charge in [-0.2, -0.15) is 0 Å². The maximum atomic E-state index is 13.0. The van der Waals surface area contributed by atoms with Crippen molar-refractivity contribution in [2.24, 2.45) is 0 Å². The zero-order valence-corrected chi connectivity index (χ0v) is 13.9. The molecule has 0 radical (unpaired) electrons. The van der Waals surface area contributed by atoms with E-state index in [1.54, 1.807) is 23.2 Å². The fraction of sp³-hybridized carbons (Fsp3) is 0.278. The van der Waals surface area contributed by atoms with Crippen LogP contribution in [0, 0.1) is 0 Å². The number of hydrogen-bond donors (Lipinski definition) is 1. The van der Waals surface area contributed by atoms with Gasteiger partial charge in [-0.25, -0.2) is 4.98 Å². The second-order valence-electron chi connectivity index (χ2n) is 5.97. The second kappa shape index (κ2) is 6.28. The van der Waals surface area contributed by atoms with Gasteiger partial charge in [0.2, 0.25) is 5.91 Å². The lowest BCUT2D eigenvalue weighted by atomic mass is 10.2. The van der Waals surface area contributed by atoms with Gasteiger partial charge in [0.25, 0.3) is 5.91 Å². The van der Waals surface area contributed by atoms with E-state index in [0.717, 1.165) is 23.4 Å². The maximum Gasteiger partial charge on any atom is 0.261 e. The summed E-state index contributed by atoms with van der Waals surface area (Å²) >= 11 is 1.49. The van der Waals surface area contributed by atoms with Crippen molar-refractivity contribution in [3.8, 4) is 0 Å². The van der Waals surface area contributed by atoms with Gasteiger partial charge >= 0.3 is 0 Å². The van der Waals surface area contributed by atoms with E-state index in [1.807, 2.05) is 24.3 Å². The summed E-state index contributed by atoms with van der Waals surface area (Å²) in [6.45, 7) is 0.364. The standard InChI is InChI=1S/C18H17N3O2S/c22-16(20-12-7-8-12)9-11-21-14-5-1-2-6-15(14)24-17-13(18(21)23)4-3-10-19-17/h1-6,10,12H,7-9,11H2,(H,20,22). The van der Waals surface area contributed by atoms with E-state index in [0.29, 0.717) is 29.6 Å². The fourth-order valence-corrected chi connectivity index (χ4v) is 3.74. The Balaban J connectivity index is 1.63. The van der Waals surface area contributed by atoms with Crippen LogP contribution in [-0.2, 0) is 4.79 Å². The molecule has 6 heteroatoms. The van der Waals surface area contributed by atoms with Crippen molar-refractivity contribution >= 4 is 29.3 Å².